The summed E-state index contributed by atoms with van der Waals surface area (Å²) in [4.78, 5) is 0. The first-order valence-corrected chi connectivity index (χ1v) is 8.33. The van der Waals surface area contributed by atoms with Gasteiger partial charge >= 0.3 is 0 Å². The summed E-state index contributed by atoms with van der Waals surface area (Å²) in [6.07, 6.45) is 2.28. The van der Waals surface area contributed by atoms with Gasteiger partial charge in [-0.1, -0.05) is 37.3 Å². The number of benzene rings is 1. The Morgan fingerprint density at radius 2 is 1.95 bits per heavy atom. The zero-order valence-corrected chi connectivity index (χ0v) is 12.3. The molecule has 108 valence electrons. The molecule has 20 heavy (non-hydrogen) atoms. The van der Waals surface area contributed by atoms with E-state index >= 15 is 0 Å². The van der Waals surface area contributed by atoms with Crippen LogP contribution in [0.2, 0.25) is 0 Å². The summed E-state index contributed by atoms with van der Waals surface area (Å²) >= 11 is 0. The second-order valence-electron chi connectivity index (χ2n) is 4.68. The molecule has 0 spiro atoms. The molecule has 0 bridgehead atoms. The summed E-state index contributed by atoms with van der Waals surface area (Å²) in [6, 6.07) is 11.9. The van der Waals surface area contributed by atoms with Crippen molar-refractivity contribution in [1.82, 2.24) is 10.2 Å². The van der Waals surface area contributed by atoms with Crippen LogP contribution in [0.3, 0.4) is 0 Å². The molecule has 2 aromatic rings. The van der Waals surface area contributed by atoms with Gasteiger partial charge in [-0.3, -0.25) is 9.82 Å². The van der Waals surface area contributed by atoms with Crippen LogP contribution in [0.15, 0.2) is 36.4 Å². The van der Waals surface area contributed by atoms with Gasteiger partial charge in [-0.2, -0.15) is 5.10 Å². The van der Waals surface area contributed by atoms with Crippen LogP contribution < -0.4 is 4.72 Å². The Balaban J connectivity index is 1.92. The number of nitrogens with zero attached hydrogens (tertiary/aromatic N) is 1. The Bertz CT molecular complexity index is 635. The average Bonchev–Trinajstić information content (AvgIpc) is 2.84. The van der Waals surface area contributed by atoms with Crippen molar-refractivity contribution in [2.45, 2.75) is 26.2 Å². The Labute approximate surface area is 119 Å². The quantitative estimate of drug-likeness (QED) is 0.823. The number of sulfonamides is 1. The van der Waals surface area contributed by atoms with Crippen molar-refractivity contribution in [2.75, 3.05) is 10.5 Å². The molecule has 0 amide bonds. The van der Waals surface area contributed by atoms with Gasteiger partial charge in [0.15, 0.2) is 5.82 Å². The molecule has 0 fully saturated rings. The second kappa shape index (κ2) is 6.56. The van der Waals surface area contributed by atoms with E-state index in [1.165, 1.54) is 5.56 Å². The van der Waals surface area contributed by atoms with E-state index in [2.05, 4.69) is 27.1 Å². The highest BCUT2D eigenvalue weighted by Gasteiger charge is 2.11. The predicted molar refractivity (Wildman–Crippen MR) is 80.1 cm³/mol. The molecular weight excluding hydrogens is 274 g/mol. The van der Waals surface area contributed by atoms with Gasteiger partial charge in [-0.15, -0.1) is 0 Å². The molecule has 0 unspecified atom stereocenters. The molecule has 0 saturated heterocycles. The SMILES string of the molecule is CCCS(=O)(=O)Nc1cc(CCc2ccccc2)[nH]n1. The van der Waals surface area contributed by atoms with Crippen molar-refractivity contribution in [1.29, 1.82) is 0 Å². The molecule has 1 aromatic carbocycles. The largest absolute Gasteiger partial charge is 0.280 e. The lowest BCUT2D eigenvalue weighted by Crippen LogP contribution is -2.16. The number of nitrogens with one attached hydrogen (secondary N) is 2. The molecule has 2 N–H and O–H groups in total. The predicted octanol–water partition coefficient (Wildman–Crippen LogP) is 2.35. The maximum absolute atomic E-state index is 11.6. The van der Waals surface area contributed by atoms with E-state index in [-0.39, 0.29) is 5.75 Å². The lowest BCUT2D eigenvalue weighted by atomic mass is 10.1. The molecule has 5 nitrogen and oxygen atoms in total. The van der Waals surface area contributed by atoms with Crippen LogP contribution in [-0.2, 0) is 22.9 Å². The summed E-state index contributed by atoms with van der Waals surface area (Å²) in [5, 5.41) is 6.84. The second-order valence-corrected chi connectivity index (χ2v) is 6.53. The molecule has 0 atom stereocenters. The van der Waals surface area contributed by atoms with Crippen LogP contribution in [0, 0.1) is 0 Å². The van der Waals surface area contributed by atoms with E-state index in [0.29, 0.717) is 12.2 Å². The standard InChI is InChI=1S/C14H19N3O2S/c1-2-10-20(18,19)17-14-11-13(15-16-14)9-8-12-6-4-3-5-7-12/h3-7,11H,2,8-10H2,1H3,(H2,15,16,17). The summed E-state index contributed by atoms with van der Waals surface area (Å²) in [5.74, 6) is 0.473. The Morgan fingerprint density at radius 1 is 1.20 bits per heavy atom. The maximum Gasteiger partial charge on any atom is 0.233 e. The monoisotopic (exact) mass is 293 g/mol. The summed E-state index contributed by atoms with van der Waals surface area (Å²) in [5.41, 5.74) is 2.17. The lowest BCUT2D eigenvalue weighted by molar-refractivity contribution is 0.599. The van der Waals surface area contributed by atoms with E-state index in [4.69, 9.17) is 0 Å². The van der Waals surface area contributed by atoms with Gasteiger partial charge in [0.25, 0.3) is 0 Å². The Hall–Kier alpha value is -1.82. The highest BCUT2D eigenvalue weighted by atomic mass is 32.2. The third-order valence-corrected chi connectivity index (χ3v) is 4.36. The molecule has 6 heteroatoms. The average molecular weight is 293 g/mol. The zero-order chi connectivity index (χ0) is 14.4. The van der Waals surface area contributed by atoms with Gasteiger partial charge < -0.3 is 0 Å². The third-order valence-electron chi connectivity index (χ3n) is 2.89. The molecule has 0 saturated carbocycles. The fourth-order valence-electron chi connectivity index (χ4n) is 1.94. The van der Waals surface area contributed by atoms with Gasteiger partial charge in [-0.05, 0) is 24.8 Å². The van der Waals surface area contributed by atoms with E-state index in [1.807, 2.05) is 25.1 Å². The van der Waals surface area contributed by atoms with Crippen LogP contribution in [0.5, 0.6) is 0 Å². The summed E-state index contributed by atoms with van der Waals surface area (Å²) in [7, 11) is -3.27. The summed E-state index contributed by atoms with van der Waals surface area (Å²) in [6.45, 7) is 1.83. The number of aromatic amines is 1. The Kier molecular flexibility index (Phi) is 4.79. The minimum absolute atomic E-state index is 0.110. The molecule has 0 radical (unpaired) electrons. The van der Waals surface area contributed by atoms with Crippen molar-refractivity contribution < 1.29 is 8.42 Å². The van der Waals surface area contributed by atoms with Crippen molar-refractivity contribution in [2.24, 2.45) is 0 Å². The summed E-state index contributed by atoms with van der Waals surface area (Å²) < 4.78 is 25.7. The Morgan fingerprint density at radius 3 is 2.65 bits per heavy atom. The lowest BCUT2D eigenvalue weighted by Gasteiger charge is -2.02. The topological polar surface area (TPSA) is 74.8 Å². The smallest absolute Gasteiger partial charge is 0.233 e. The maximum atomic E-state index is 11.6. The molecular formula is C14H19N3O2S. The first kappa shape index (κ1) is 14.6. The number of hydrogen-bond acceptors (Lipinski definition) is 3. The van der Waals surface area contributed by atoms with Crippen LogP contribution in [-0.4, -0.2) is 24.4 Å². The van der Waals surface area contributed by atoms with Gasteiger partial charge in [0.05, 0.1) is 5.75 Å². The first-order chi connectivity index (χ1) is 9.59. The molecule has 1 heterocycles. The van der Waals surface area contributed by atoms with E-state index < -0.39 is 10.0 Å². The van der Waals surface area contributed by atoms with Crippen molar-refractivity contribution in [3.05, 3.63) is 47.7 Å². The van der Waals surface area contributed by atoms with E-state index in [0.717, 1.165) is 18.5 Å². The van der Waals surface area contributed by atoms with Crippen molar-refractivity contribution >= 4 is 15.8 Å². The number of hydrogen-bond donors (Lipinski definition) is 2. The number of aryl methyl sites for hydroxylation is 2. The van der Waals surface area contributed by atoms with Crippen molar-refractivity contribution in [3.8, 4) is 0 Å². The highest BCUT2D eigenvalue weighted by Crippen LogP contribution is 2.11. The molecule has 1 aromatic heterocycles. The van der Waals surface area contributed by atoms with Gasteiger partial charge in [0.1, 0.15) is 0 Å². The zero-order valence-electron chi connectivity index (χ0n) is 11.5. The fourth-order valence-corrected chi connectivity index (χ4v) is 3.01. The minimum Gasteiger partial charge on any atom is -0.280 e. The molecule has 0 aliphatic heterocycles. The normalized spacial score (nSPS) is 11.4. The van der Waals surface area contributed by atoms with Gasteiger partial charge in [0, 0.05) is 11.8 Å². The van der Waals surface area contributed by atoms with Crippen LogP contribution in [0.4, 0.5) is 5.82 Å². The van der Waals surface area contributed by atoms with Crippen LogP contribution >= 0.6 is 0 Å². The van der Waals surface area contributed by atoms with E-state index in [1.54, 1.807) is 6.07 Å². The minimum atomic E-state index is -3.27. The first-order valence-electron chi connectivity index (χ1n) is 6.68. The number of anilines is 1. The molecule has 2 rings (SSSR count). The van der Waals surface area contributed by atoms with Crippen molar-refractivity contribution in [3.63, 3.8) is 0 Å². The number of H-pyrrole nitrogens is 1. The number of rotatable bonds is 7. The fraction of sp³-hybridized carbons (Fsp3) is 0.357. The van der Waals surface area contributed by atoms with Gasteiger partial charge in [-0.25, -0.2) is 8.42 Å². The molecule has 0 aliphatic rings. The highest BCUT2D eigenvalue weighted by molar-refractivity contribution is 7.92. The van der Waals surface area contributed by atoms with Gasteiger partial charge in [0.2, 0.25) is 10.0 Å². The number of aromatic nitrogens is 2. The van der Waals surface area contributed by atoms with Crippen LogP contribution in [0.1, 0.15) is 24.6 Å². The van der Waals surface area contributed by atoms with E-state index in [9.17, 15) is 8.42 Å². The van der Waals surface area contributed by atoms with Crippen LogP contribution in [0.25, 0.3) is 0 Å². The third kappa shape index (κ3) is 4.38. The molecule has 0 aliphatic carbocycles.